The fourth-order valence-corrected chi connectivity index (χ4v) is 5.48. The molecule has 0 saturated heterocycles. The number of nitrogens with one attached hydrogen (secondary N) is 2. The average molecular weight is 425 g/mol. The summed E-state index contributed by atoms with van der Waals surface area (Å²) in [5, 5.41) is 11.8. The number of sulfonamides is 1. The number of thioether (sulfide) groups is 1. The standard InChI is InChI=1S/C18H24N4O2S3/c1-2-20-17(21-12-15-8-9-16(25-15)27(19,23)24)22-13-18(10-11-18)26-14-6-4-3-5-7-14/h3-9H,2,10-13H2,1H3,(H2,19,23,24)(H2,20,21,22). The molecule has 0 aliphatic heterocycles. The maximum absolute atomic E-state index is 11.4. The van der Waals surface area contributed by atoms with Crippen LogP contribution in [-0.4, -0.2) is 32.2 Å². The Labute approximate surface area is 168 Å². The molecule has 1 aliphatic rings. The highest BCUT2D eigenvalue weighted by molar-refractivity contribution is 8.01. The summed E-state index contributed by atoms with van der Waals surface area (Å²) in [6, 6.07) is 13.7. The van der Waals surface area contributed by atoms with Crippen LogP contribution in [0.3, 0.4) is 0 Å². The Morgan fingerprint density at radius 3 is 2.56 bits per heavy atom. The van der Waals surface area contributed by atoms with Crippen LogP contribution < -0.4 is 15.8 Å². The van der Waals surface area contributed by atoms with E-state index >= 15 is 0 Å². The minimum absolute atomic E-state index is 0.168. The minimum Gasteiger partial charge on any atom is -0.357 e. The summed E-state index contributed by atoms with van der Waals surface area (Å²) in [5.74, 6) is 0.739. The molecule has 0 radical (unpaired) electrons. The molecule has 1 heterocycles. The predicted octanol–water partition coefficient (Wildman–Crippen LogP) is 2.78. The van der Waals surface area contributed by atoms with Crippen molar-refractivity contribution in [3.8, 4) is 0 Å². The van der Waals surface area contributed by atoms with E-state index in [1.807, 2.05) is 24.8 Å². The van der Waals surface area contributed by atoms with Crippen molar-refractivity contribution in [2.24, 2.45) is 10.1 Å². The highest BCUT2D eigenvalue weighted by Gasteiger charge is 2.43. The molecule has 1 aromatic heterocycles. The zero-order chi connectivity index (χ0) is 19.3. The monoisotopic (exact) mass is 424 g/mol. The second-order valence-corrected chi connectivity index (χ2v) is 10.9. The molecular formula is C18H24N4O2S3. The lowest BCUT2D eigenvalue weighted by Crippen LogP contribution is -2.41. The first-order valence-electron chi connectivity index (χ1n) is 8.78. The van der Waals surface area contributed by atoms with Crippen molar-refractivity contribution in [3.63, 3.8) is 0 Å². The van der Waals surface area contributed by atoms with Gasteiger partial charge in [-0.25, -0.2) is 18.5 Å². The first-order valence-corrected chi connectivity index (χ1v) is 12.0. The van der Waals surface area contributed by atoms with Crippen LogP contribution in [0.2, 0.25) is 0 Å². The molecule has 0 amide bonds. The van der Waals surface area contributed by atoms with Crippen molar-refractivity contribution in [1.29, 1.82) is 0 Å². The molecule has 2 aromatic rings. The van der Waals surface area contributed by atoms with Crippen LogP contribution in [0.15, 0.2) is 56.6 Å². The molecule has 1 aromatic carbocycles. The first-order chi connectivity index (χ1) is 12.9. The summed E-state index contributed by atoms with van der Waals surface area (Å²) in [5.41, 5.74) is 0. The smallest absolute Gasteiger partial charge is 0.247 e. The quantitative estimate of drug-likeness (QED) is 0.447. The van der Waals surface area contributed by atoms with Gasteiger partial charge in [-0.15, -0.1) is 23.1 Å². The Bertz CT molecular complexity index is 890. The summed E-state index contributed by atoms with van der Waals surface area (Å²) in [4.78, 5) is 6.72. The molecule has 0 unspecified atom stereocenters. The lowest BCUT2D eigenvalue weighted by molar-refractivity contribution is 0.600. The molecule has 0 spiro atoms. The maximum atomic E-state index is 11.4. The summed E-state index contributed by atoms with van der Waals surface area (Å²) in [7, 11) is -3.65. The van der Waals surface area contributed by atoms with Crippen LogP contribution in [0.4, 0.5) is 0 Å². The average Bonchev–Trinajstić information content (AvgIpc) is 3.21. The summed E-state index contributed by atoms with van der Waals surface area (Å²) >= 11 is 3.07. The number of nitrogens with zero attached hydrogens (tertiary/aromatic N) is 1. The van der Waals surface area contributed by atoms with E-state index in [1.54, 1.807) is 6.07 Å². The van der Waals surface area contributed by atoms with Gasteiger partial charge in [0.15, 0.2) is 5.96 Å². The minimum atomic E-state index is -3.65. The van der Waals surface area contributed by atoms with Crippen molar-refractivity contribution < 1.29 is 8.42 Å². The maximum Gasteiger partial charge on any atom is 0.247 e. The highest BCUT2D eigenvalue weighted by atomic mass is 32.2. The number of hydrogen-bond acceptors (Lipinski definition) is 5. The molecule has 3 rings (SSSR count). The van der Waals surface area contributed by atoms with Crippen LogP contribution in [0.25, 0.3) is 0 Å². The number of hydrogen-bond donors (Lipinski definition) is 3. The normalized spacial score (nSPS) is 16.1. The molecule has 0 bridgehead atoms. The second-order valence-electron chi connectivity index (χ2n) is 6.41. The van der Waals surface area contributed by atoms with E-state index in [1.165, 1.54) is 23.8 Å². The van der Waals surface area contributed by atoms with Crippen LogP contribution in [-0.2, 0) is 16.6 Å². The number of guanidine groups is 1. The topological polar surface area (TPSA) is 96.6 Å². The van der Waals surface area contributed by atoms with E-state index in [0.717, 1.165) is 35.3 Å². The van der Waals surface area contributed by atoms with E-state index in [4.69, 9.17) is 5.14 Å². The van der Waals surface area contributed by atoms with E-state index in [0.29, 0.717) is 6.54 Å². The van der Waals surface area contributed by atoms with Crippen molar-refractivity contribution in [2.45, 2.75) is 40.2 Å². The van der Waals surface area contributed by atoms with Gasteiger partial charge in [0.1, 0.15) is 4.21 Å². The molecule has 6 nitrogen and oxygen atoms in total. The molecule has 1 fully saturated rings. The van der Waals surface area contributed by atoms with Gasteiger partial charge in [0, 0.05) is 27.6 Å². The van der Waals surface area contributed by atoms with Gasteiger partial charge in [0.2, 0.25) is 10.0 Å². The third-order valence-corrected chi connectivity index (χ3v) is 8.12. The van der Waals surface area contributed by atoms with Gasteiger partial charge in [0.05, 0.1) is 6.54 Å². The largest absolute Gasteiger partial charge is 0.357 e. The Morgan fingerprint density at radius 1 is 1.22 bits per heavy atom. The SMILES string of the molecule is CCNC(=NCc1ccc(S(N)(=O)=O)s1)NCC1(Sc2ccccc2)CC1. The fourth-order valence-electron chi connectivity index (χ4n) is 2.53. The third kappa shape index (κ3) is 5.97. The number of rotatable bonds is 8. The molecule has 1 saturated carbocycles. The number of primary sulfonamides is 1. The molecule has 4 N–H and O–H groups in total. The Hall–Kier alpha value is -1.55. The van der Waals surface area contributed by atoms with Gasteiger partial charge in [-0.3, -0.25) is 0 Å². The van der Waals surface area contributed by atoms with Crippen LogP contribution in [0, 0.1) is 0 Å². The fraction of sp³-hybridized carbons (Fsp3) is 0.389. The molecule has 0 atom stereocenters. The number of nitrogens with two attached hydrogens (primary N) is 1. The highest BCUT2D eigenvalue weighted by Crippen LogP contribution is 2.51. The first kappa shape index (κ1) is 20.2. The van der Waals surface area contributed by atoms with Crippen molar-refractivity contribution in [3.05, 3.63) is 47.3 Å². The van der Waals surface area contributed by atoms with Crippen molar-refractivity contribution in [2.75, 3.05) is 13.1 Å². The van der Waals surface area contributed by atoms with E-state index in [9.17, 15) is 8.42 Å². The van der Waals surface area contributed by atoms with Crippen molar-refractivity contribution >= 4 is 39.1 Å². The van der Waals surface area contributed by atoms with E-state index in [-0.39, 0.29) is 8.96 Å². The number of thiophene rings is 1. The lowest BCUT2D eigenvalue weighted by Gasteiger charge is -2.18. The van der Waals surface area contributed by atoms with E-state index in [2.05, 4.69) is 39.9 Å². The van der Waals surface area contributed by atoms with Gasteiger partial charge in [-0.05, 0) is 44.0 Å². The summed E-state index contributed by atoms with van der Waals surface area (Å²) < 4.78 is 23.2. The van der Waals surface area contributed by atoms with Crippen LogP contribution in [0.1, 0.15) is 24.6 Å². The number of benzene rings is 1. The number of aliphatic imine (C=N–C) groups is 1. The second kappa shape index (κ2) is 8.64. The van der Waals surface area contributed by atoms with Gasteiger partial charge in [0.25, 0.3) is 0 Å². The van der Waals surface area contributed by atoms with Crippen LogP contribution in [0.5, 0.6) is 0 Å². The van der Waals surface area contributed by atoms with Gasteiger partial charge in [-0.2, -0.15) is 0 Å². The summed E-state index contributed by atoms with van der Waals surface area (Å²) in [6.45, 7) is 4.03. The van der Waals surface area contributed by atoms with Gasteiger partial charge >= 0.3 is 0 Å². The Morgan fingerprint density at radius 2 is 1.96 bits per heavy atom. The molecule has 146 valence electrons. The van der Waals surface area contributed by atoms with E-state index < -0.39 is 10.0 Å². The molecule has 27 heavy (non-hydrogen) atoms. The Kier molecular flexibility index (Phi) is 6.46. The zero-order valence-electron chi connectivity index (χ0n) is 15.1. The molecule has 1 aliphatic carbocycles. The third-order valence-electron chi connectivity index (χ3n) is 4.12. The van der Waals surface area contributed by atoms with Crippen LogP contribution >= 0.6 is 23.1 Å². The Balaban J connectivity index is 1.59. The predicted molar refractivity (Wildman–Crippen MR) is 113 cm³/mol. The zero-order valence-corrected chi connectivity index (χ0v) is 17.6. The van der Waals surface area contributed by atoms with Gasteiger partial charge < -0.3 is 10.6 Å². The molecular weight excluding hydrogens is 400 g/mol. The molecule has 9 heteroatoms. The lowest BCUT2D eigenvalue weighted by atomic mass is 10.4. The summed E-state index contributed by atoms with van der Waals surface area (Å²) in [6.07, 6.45) is 2.36. The van der Waals surface area contributed by atoms with Crippen molar-refractivity contribution in [1.82, 2.24) is 10.6 Å². The van der Waals surface area contributed by atoms with Gasteiger partial charge in [-0.1, -0.05) is 18.2 Å².